The van der Waals surface area contributed by atoms with Crippen LogP contribution in [-0.4, -0.2) is 37.6 Å². The third kappa shape index (κ3) is 2.99. The van der Waals surface area contributed by atoms with E-state index in [2.05, 4.69) is 4.98 Å². The first kappa shape index (κ1) is 15.3. The van der Waals surface area contributed by atoms with E-state index >= 15 is 0 Å². The van der Waals surface area contributed by atoms with E-state index in [1.165, 1.54) is 0 Å². The molecule has 0 unspecified atom stereocenters. The molecule has 1 aromatic heterocycles. The van der Waals surface area contributed by atoms with Gasteiger partial charge in [-0.3, -0.25) is 14.7 Å². The standard InChI is InChI=1S/C18H21N3O2/c1-12-5-6-16-17(9-12)23-13(2)11-21(16)18(22)15-10-14(20(3)4)7-8-19-15/h5-10,13H,11H2,1-4H3/t13-/m0/s1. The number of pyridine rings is 1. The van der Waals surface area contributed by atoms with Gasteiger partial charge in [-0.2, -0.15) is 0 Å². The molecule has 1 amide bonds. The van der Waals surface area contributed by atoms with E-state index in [0.717, 1.165) is 22.7 Å². The summed E-state index contributed by atoms with van der Waals surface area (Å²) >= 11 is 0. The van der Waals surface area contributed by atoms with Crippen molar-refractivity contribution in [2.24, 2.45) is 0 Å². The van der Waals surface area contributed by atoms with Crippen molar-refractivity contribution in [2.75, 3.05) is 30.4 Å². The van der Waals surface area contributed by atoms with Gasteiger partial charge in [0.05, 0.1) is 12.2 Å². The molecule has 0 aliphatic carbocycles. The number of carbonyl (C=O) groups excluding carboxylic acids is 1. The van der Waals surface area contributed by atoms with Crippen molar-refractivity contribution >= 4 is 17.3 Å². The number of aryl methyl sites for hydroxylation is 1. The van der Waals surface area contributed by atoms with Crippen LogP contribution in [0.15, 0.2) is 36.5 Å². The highest BCUT2D eigenvalue weighted by molar-refractivity contribution is 6.06. The van der Waals surface area contributed by atoms with Gasteiger partial charge in [0.25, 0.3) is 5.91 Å². The van der Waals surface area contributed by atoms with E-state index in [1.54, 1.807) is 11.1 Å². The van der Waals surface area contributed by atoms with Crippen molar-refractivity contribution < 1.29 is 9.53 Å². The molecular formula is C18H21N3O2. The highest BCUT2D eigenvalue weighted by Crippen LogP contribution is 2.35. The van der Waals surface area contributed by atoms with Crippen LogP contribution in [0.3, 0.4) is 0 Å². The number of anilines is 2. The lowest BCUT2D eigenvalue weighted by Gasteiger charge is -2.33. The molecule has 1 atom stereocenters. The van der Waals surface area contributed by atoms with Crippen LogP contribution in [0.4, 0.5) is 11.4 Å². The van der Waals surface area contributed by atoms with Crippen molar-refractivity contribution in [3.63, 3.8) is 0 Å². The Kier molecular flexibility index (Phi) is 3.94. The molecule has 0 saturated carbocycles. The minimum atomic E-state index is -0.103. The second-order valence-electron chi connectivity index (χ2n) is 6.11. The van der Waals surface area contributed by atoms with Crippen LogP contribution in [-0.2, 0) is 0 Å². The molecule has 2 aromatic rings. The molecule has 0 radical (unpaired) electrons. The average molecular weight is 311 g/mol. The minimum Gasteiger partial charge on any atom is -0.487 e. The molecule has 3 rings (SSSR count). The molecule has 2 heterocycles. The Morgan fingerprint density at radius 3 is 2.83 bits per heavy atom. The summed E-state index contributed by atoms with van der Waals surface area (Å²) < 4.78 is 5.87. The summed E-state index contributed by atoms with van der Waals surface area (Å²) in [5, 5.41) is 0. The van der Waals surface area contributed by atoms with Gasteiger partial charge in [-0.25, -0.2) is 0 Å². The molecule has 0 fully saturated rings. The van der Waals surface area contributed by atoms with Crippen molar-refractivity contribution in [3.8, 4) is 5.75 Å². The number of amides is 1. The third-order valence-electron chi connectivity index (χ3n) is 3.90. The quantitative estimate of drug-likeness (QED) is 0.855. The van der Waals surface area contributed by atoms with Crippen molar-refractivity contribution in [1.82, 2.24) is 4.98 Å². The number of aromatic nitrogens is 1. The number of fused-ring (bicyclic) bond motifs is 1. The van der Waals surface area contributed by atoms with Gasteiger partial charge in [0.15, 0.2) is 0 Å². The smallest absolute Gasteiger partial charge is 0.277 e. The zero-order valence-electron chi connectivity index (χ0n) is 13.9. The number of nitrogens with zero attached hydrogens (tertiary/aromatic N) is 3. The van der Waals surface area contributed by atoms with Gasteiger partial charge in [0.1, 0.15) is 17.5 Å². The topological polar surface area (TPSA) is 45.7 Å². The normalized spacial score (nSPS) is 16.5. The first-order chi connectivity index (χ1) is 11.0. The Labute approximate surface area is 136 Å². The SMILES string of the molecule is Cc1ccc2c(c1)O[C@@H](C)CN2C(=O)c1cc(N(C)C)ccn1. The second kappa shape index (κ2) is 5.91. The van der Waals surface area contributed by atoms with E-state index in [0.29, 0.717) is 12.2 Å². The molecule has 5 nitrogen and oxygen atoms in total. The molecule has 0 N–H and O–H groups in total. The molecule has 5 heteroatoms. The summed E-state index contributed by atoms with van der Waals surface area (Å²) in [4.78, 5) is 20.9. The van der Waals surface area contributed by atoms with Gasteiger partial charge in [-0.1, -0.05) is 6.07 Å². The predicted molar refractivity (Wildman–Crippen MR) is 91.5 cm³/mol. The predicted octanol–water partition coefficient (Wildman–Crippen LogP) is 2.88. The summed E-state index contributed by atoms with van der Waals surface area (Å²) in [7, 11) is 3.89. The molecule has 1 aromatic carbocycles. The number of ether oxygens (including phenoxy) is 1. The summed E-state index contributed by atoms with van der Waals surface area (Å²) in [5.74, 6) is 0.648. The molecule has 120 valence electrons. The van der Waals surface area contributed by atoms with Crippen LogP contribution in [0.1, 0.15) is 23.0 Å². The number of hydrogen-bond donors (Lipinski definition) is 0. The van der Waals surface area contributed by atoms with Crippen LogP contribution >= 0.6 is 0 Å². The van der Waals surface area contributed by atoms with E-state index in [4.69, 9.17) is 4.74 Å². The first-order valence-electron chi connectivity index (χ1n) is 7.68. The maximum atomic E-state index is 13.0. The summed E-state index contributed by atoms with van der Waals surface area (Å²) in [6.07, 6.45) is 1.62. The Bertz CT molecular complexity index is 743. The lowest BCUT2D eigenvalue weighted by atomic mass is 10.1. The molecule has 1 aliphatic heterocycles. The van der Waals surface area contributed by atoms with Crippen molar-refractivity contribution in [2.45, 2.75) is 20.0 Å². The van der Waals surface area contributed by atoms with Crippen LogP contribution < -0.4 is 14.5 Å². The van der Waals surface area contributed by atoms with E-state index < -0.39 is 0 Å². The highest BCUT2D eigenvalue weighted by Gasteiger charge is 2.29. The fraction of sp³-hybridized carbons (Fsp3) is 0.333. The molecule has 1 aliphatic rings. The lowest BCUT2D eigenvalue weighted by molar-refractivity contribution is 0.0956. The van der Waals surface area contributed by atoms with Gasteiger partial charge < -0.3 is 9.64 Å². The van der Waals surface area contributed by atoms with Gasteiger partial charge in [0.2, 0.25) is 0 Å². The fourth-order valence-electron chi connectivity index (χ4n) is 2.69. The highest BCUT2D eigenvalue weighted by atomic mass is 16.5. The van der Waals surface area contributed by atoms with Gasteiger partial charge in [-0.15, -0.1) is 0 Å². The Morgan fingerprint density at radius 1 is 1.30 bits per heavy atom. The van der Waals surface area contributed by atoms with Crippen molar-refractivity contribution in [3.05, 3.63) is 47.8 Å². The average Bonchev–Trinajstić information content (AvgIpc) is 2.53. The van der Waals surface area contributed by atoms with E-state index in [1.807, 2.05) is 63.2 Å². The van der Waals surface area contributed by atoms with Gasteiger partial charge in [0, 0.05) is 26.0 Å². The number of benzene rings is 1. The van der Waals surface area contributed by atoms with Crippen LogP contribution in [0.25, 0.3) is 0 Å². The minimum absolute atomic E-state index is 0.0507. The molecule has 0 bridgehead atoms. The Morgan fingerprint density at radius 2 is 2.09 bits per heavy atom. The van der Waals surface area contributed by atoms with Gasteiger partial charge >= 0.3 is 0 Å². The summed E-state index contributed by atoms with van der Waals surface area (Å²) in [6, 6.07) is 9.59. The zero-order valence-corrected chi connectivity index (χ0v) is 13.9. The second-order valence-corrected chi connectivity index (χ2v) is 6.11. The summed E-state index contributed by atoms with van der Waals surface area (Å²) in [6.45, 7) is 4.50. The molecule has 23 heavy (non-hydrogen) atoms. The van der Waals surface area contributed by atoms with Gasteiger partial charge in [-0.05, 0) is 43.7 Å². The number of carbonyl (C=O) groups is 1. The van der Waals surface area contributed by atoms with E-state index in [9.17, 15) is 4.79 Å². The van der Waals surface area contributed by atoms with Crippen LogP contribution in [0, 0.1) is 6.92 Å². The first-order valence-corrected chi connectivity index (χ1v) is 7.68. The third-order valence-corrected chi connectivity index (χ3v) is 3.90. The fourth-order valence-corrected chi connectivity index (χ4v) is 2.69. The maximum absolute atomic E-state index is 13.0. The number of rotatable bonds is 2. The Balaban J connectivity index is 1.98. The lowest BCUT2D eigenvalue weighted by Crippen LogP contribution is -2.42. The van der Waals surface area contributed by atoms with E-state index in [-0.39, 0.29) is 12.0 Å². The number of hydrogen-bond acceptors (Lipinski definition) is 4. The molecule has 0 saturated heterocycles. The molecule has 0 spiro atoms. The van der Waals surface area contributed by atoms with Crippen LogP contribution in [0.5, 0.6) is 5.75 Å². The van der Waals surface area contributed by atoms with Crippen LogP contribution in [0.2, 0.25) is 0 Å². The summed E-state index contributed by atoms with van der Waals surface area (Å²) in [5.41, 5.74) is 3.30. The maximum Gasteiger partial charge on any atom is 0.277 e. The largest absolute Gasteiger partial charge is 0.487 e. The monoisotopic (exact) mass is 311 g/mol. The van der Waals surface area contributed by atoms with Crippen molar-refractivity contribution in [1.29, 1.82) is 0 Å². The zero-order chi connectivity index (χ0) is 16.6. The molecular weight excluding hydrogens is 290 g/mol. The Hall–Kier alpha value is -2.56.